The van der Waals surface area contributed by atoms with Crippen molar-refractivity contribution in [3.63, 3.8) is 0 Å². The first-order valence-corrected chi connectivity index (χ1v) is 4.25. The third-order valence-corrected chi connectivity index (χ3v) is 1.35. The molecule has 0 aliphatic carbocycles. The number of alkyl halides is 1. The van der Waals surface area contributed by atoms with Gasteiger partial charge in [-0.3, -0.25) is 0 Å². The molecule has 0 aromatic heterocycles. The molecule has 2 heteroatoms. The molecule has 0 nitrogen and oxygen atoms in total. The lowest BCUT2D eigenvalue weighted by molar-refractivity contribution is 0.814. The summed E-state index contributed by atoms with van der Waals surface area (Å²) < 4.78 is 0. The molecule has 0 unspecified atom stereocenters. The smallest absolute Gasteiger partial charge is 0.0212 e. The summed E-state index contributed by atoms with van der Waals surface area (Å²) in [6.07, 6.45) is 8.23. The van der Waals surface area contributed by atoms with E-state index in [1.54, 1.807) is 0 Å². The molecule has 0 saturated carbocycles. The second-order valence-corrected chi connectivity index (χ2v) is 2.42. The minimum absolute atomic E-state index is 0. The van der Waals surface area contributed by atoms with Crippen LogP contribution in [0.15, 0.2) is 12.2 Å². The van der Waals surface area contributed by atoms with Gasteiger partial charge in [0.05, 0.1) is 0 Å². The first-order valence-electron chi connectivity index (χ1n) is 3.12. The highest BCUT2D eigenvalue weighted by Crippen LogP contribution is 1.94. The Labute approximate surface area is 76.6 Å². The Balaban J connectivity index is 0. The quantitative estimate of drug-likeness (QED) is 0.409. The van der Waals surface area contributed by atoms with Crippen molar-refractivity contribution >= 4 is 32.9 Å². The van der Waals surface area contributed by atoms with E-state index in [4.69, 9.17) is 0 Å². The molecular weight excluding hydrogens is 244 g/mol. The van der Waals surface area contributed by atoms with Crippen molar-refractivity contribution in [3.05, 3.63) is 12.2 Å². The van der Waals surface area contributed by atoms with Gasteiger partial charge in [-0.25, -0.2) is 0 Å². The average Bonchev–Trinajstić information content (AvgIpc) is 1.81. The van der Waals surface area contributed by atoms with Crippen LogP contribution in [0, 0.1) is 0 Å². The monoisotopic (exact) mass is 256 g/mol. The van der Waals surface area contributed by atoms with Crippen LogP contribution < -0.4 is 0 Å². The van der Waals surface area contributed by atoms with Crippen LogP contribution >= 0.6 is 32.9 Å². The fourth-order valence-corrected chi connectivity index (χ4v) is 0.767. The fraction of sp³-hybridized carbons (Fsp3) is 0.714. The SMILES string of the molecule is Br.CCCC/C=C/CBr. The topological polar surface area (TPSA) is 0 Å². The normalized spacial score (nSPS) is 9.56. The number of halogens is 2. The molecular formula is C7H14Br2. The highest BCUT2D eigenvalue weighted by molar-refractivity contribution is 9.09. The average molecular weight is 258 g/mol. The lowest BCUT2D eigenvalue weighted by Gasteiger charge is -1.85. The Morgan fingerprint density at radius 2 is 2.00 bits per heavy atom. The van der Waals surface area contributed by atoms with Crippen molar-refractivity contribution in [3.8, 4) is 0 Å². The molecule has 0 aliphatic heterocycles. The highest BCUT2D eigenvalue weighted by atomic mass is 79.9. The van der Waals surface area contributed by atoms with E-state index in [1.165, 1.54) is 19.3 Å². The first kappa shape index (κ1) is 12.4. The van der Waals surface area contributed by atoms with Gasteiger partial charge in [0.1, 0.15) is 0 Å². The Morgan fingerprint density at radius 1 is 1.33 bits per heavy atom. The highest BCUT2D eigenvalue weighted by Gasteiger charge is 1.75. The first-order chi connectivity index (χ1) is 3.91. The van der Waals surface area contributed by atoms with Crippen LogP contribution in [0.25, 0.3) is 0 Å². The number of rotatable bonds is 4. The summed E-state index contributed by atoms with van der Waals surface area (Å²) in [5, 5.41) is 0.997. The van der Waals surface area contributed by atoms with Crippen molar-refractivity contribution in [1.82, 2.24) is 0 Å². The molecule has 0 saturated heterocycles. The van der Waals surface area contributed by atoms with Crippen molar-refractivity contribution in [2.24, 2.45) is 0 Å². The maximum Gasteiger partial charge on any atom is 0.0212 e. The zero-order chi connectivity index (χ0) is 6.24. The predicted octanol–water partition coefficient (Wildman–Crippen LogP) is 3.71. The molecule has 0 fully saturated rings. The van der Waals surface area contributed by atoms with Crippen molar-refractivity contribution < 1.29 is 0 Å². The van der Waals surface area contributed by atoms with Crippen LogP contribution in [0.2, 0.25) is 0 Å². The van der Waals surface area contributed by atoms with Gasteiger partial charge in [0.25, 0.3) is 0 Å². The molecule has 0 aromatic carbocycles. The van der Waals surface area contributed by atoms with Gasteiger partial charge in [-0.15, -0.1) is 17.0 Å². The third kappa shape index (κ3) is 12.0. The molecule has 0 aromatic rings. The van der Waals surface area contributed by atoms with Gasteiger partial charge in [-0.05, 0) is 6.42 Å². The van der Waals surface area contributed by atoms with E-state index < -0.39 is 0 Å². The van der Waals surface area contributed by atoms with E-state index >= 15 is 0 Å². The van der Waals surface area contributed by atoms with Crippen LogP contribution in [0.4, 0.5) is 0 Å². The summed E-state index contributed by atoms with van der Waals surface area (Å²) >= 11 is 3.31. The van der Waals surface area contributed by atoms with Crippen LogP contribution in [0.1, 0.15) is 26.2 Å². The summed E-state index contributed by atoms with van der Waals surface area (Å²) in [5.41, 5.74) is 0. The lowest BCUT2D eigenvalue weighted by atomic mass is 10.2. The maximum atomic E-state index is 3.31. The molecule has 0 amide bonds. The van der Waals surface area contributed by atoms with E-state index in [2.05, 4.69) is 35.0 Å². The Hall–Kier alpha value is 0.700. The molecule has 0 spiro atoms. The van der Waals surface area contributed by atoms with Gasteiger partial charge < -0.3 is 0 Å². The number of unbranched alkanes of at least 4 members (excludes halogenated alkanes) is 2. The summed E-state index contributed by atoms with van der Waals surface area (Å²) in [7, 11) is 0. The molecule has 0 radical (unpaired) electrons. The Morgan fingerprint density at radius 3 is 2.44 bits per heavy atom. The second kappa shape index (κ2) is 11.5. The zero-order valence-corrected chi connectivity index (χ0v) is 9.07. The summed E-state index contributed by atoms with van der Waals surface area (Å²) in [6.45, 7) is 2.21. The molecule has 0 N–H and O–H groups in total. The molecule has 56 valence electrons. The second-order valence-electron chi connectivity index (χ2n) is 1.77. The third-order valence-electron chi connectivity index (χ3n) is 0.980. The number of allylic oxidation sites excluding steroid dienone is 2. The van der Waals surface area contributed by atoms with Gasteiger partial charge >= 0.3 is 0 Å². The van der Waals surface area contributed by atoms with E-state index in [0.29, 0.717) is 0 Å². The van der Waals surface area contributed by atoms with E-state index in [1.807, 2.05) is 0 Å². The molecule has 0 heterocycles. The zero-order valence-electron chi connectivity index (χ0n) is 5.77. The standard InChI is InChI=1S/C7H13Br.BrH/c1-2-3-4-5-6-7-8;/h5-6H,2-4,7H2,1H3;1H/b6-5+;. The fourth-order valence-electron chi connectivity index (χ4n) is 0.503. The minimum Gasteiger partial charge on any atom is -0.114 e. The molecule has 9 heavy (non-hydrogen) atoms. The maximum absolute atomic E-state index is 3.31. The molecule has 0 atom stereocenters. The van der Waals surface area contributed by atoms with Crippen LogP contribution in [-0.2, 0) is 0 Å². The van der Waals surface area contributed by atoms with Crippen molar-refractivity contribution in [2.75, 3.05) is 5.33 Å². The van der Waals surface area contributed by atoms with Gasteiger partial charge in [-0.2, -0.15) is 0 Å². The van der Waals surface area contributed by atoms with Crippen molar-refractivity contribution in [1.29, 1.82) is 0 Å². The van der Waals surface area contributed by atoms with Crippen molar-refractivity contribution in [2.45, 2.75) is 26.2 Å². The molecule has 0 bridgehead atoms. The van der Waals surface area contributed by atoms with Gasteiger partial charge in [0.2, 0.25) is 0 Å². The molecule has 0 aliphatic rings. The summed E-state index contributed by atoms with van der Waals surface area (Å²) in [5.74, 6) is 0. The van der Waals surface area contributed by atoms with Crippen LogP contribution in [0.5, 0.6) is 0 Å². The Kier molecular flexibility index (Phi) is 15.8. The number of hydrogen-bond acceptors (Lipinski definition) is 0. The predicted molar refractivity (Wildman–Crippen MR) is 52.8 cm³/mol. The van der Waals surface area contributed by atoms with E-state index in [9.17, 15) is 0 Å². The van der Waals surface area contributed by atoms with E-state index in [-0.39, 0.29) is 17.0 Å². The van der Waals surface area contributed by atoms with Crippen LogP contribution in [-0.4, -0.2) is 5.33 Å². The molecule has 0 rings (SSSR count). The number of hydrogen-bond donors (Lipinski definition) is 0. The van der Waals surface area contributed by atoms with Gasteiger partial charge in [0.15, 0.2) is 0 Å². The van der Waals surface area contributed by atoms with Crippen LogP contribution in [0.3, 0.4) is 0 Å². The lowest BCUT2D eigenvalue weighted by Crippen LogP contribution is -1.66. The largest absolute Gasteiger partial charge is 0.114 e. The van der Waals surface area contributed by atoms with Gasteiger partial charge in [-0.1, -0.05) is 47.8 Å². The Bertz CT molecular complexity index is 59.9. The summed E-state index contributed by atoms with van der Waals surface area (Å²) in [4.78, 5) is 0. The van der Waals surface area contributed by atoms with Gasteiger partial charge in [0, 0.05) is 5.33 Å². The summed E-state index contributed by atoms with van der Waals surface area (Å²) in [6, 6.07) is 0. The minimum atomic E-state index is 0. The van der Waals surface area contributed by atoms with E-state index in [0.717, 1.165) is 5.33 Å².